The summed E-state index contributed by atoms with van der Waals surface area (Å²) in [6, 6.07) is 12.8. The molecule has 2 amide bonds. The molecule has 0 aliphatic carbocycles. The highest BCUT2D eigenvalue weighted by Gasteiger charge is 2.14. The lowest BCUT2D eigenvalue weighted by Gasteiger charge is -2.21. The van der Waals surface area contributed by atoms with Gasteiger partial charge in [-0.2, -0.15) is 0 Å². The summed E-state index contributed by atoms with van der Waals surface area (Å²) >= 11 is 0. The van der Waals surface area contributed by atoms with E-state index in [2.05, 4.69) is 5.32 Å². The Hall–Kier alpha value is -2.76. The number of rotatable bonds is 9. The minimum absolute atomic E-state index is 0.0237. The van der Waals surface area contributed by atoms with E-state index in [0.29, 0.717) is 32.0 Å². The third-order valence-electron chi connectivity index (χ3n) is 4.28. The van der Waals surface area contributed by atoms with Gasteiger partial charge in [0.05, 0.1) is 5.56 Å². The summed E-state index contributed by atoms with van der Waals surface area (Å²) in [4.78, 5) is 26.0. The third-order valence-corrected chi connectivity index (χ3v) is 4.28. The van der Waals surface area contributed by atoms with Gasteiger partial charge in [-0.25, -0.2) is 8.78 Å². The van der Waals surface area contributed by atoms with Gasteiger partial charge in [-0.3, -0.25) is 9.59 Å². The van der Waals surface area contributed by atoms with Crippen molar-refractivity contribution in [2.24, 2.45) is 0 Å². The Kier molecular flexibility index (Phi) is 7.92. The largest absolute Gasteiger partial charge is 0.352 e. The van der Waals surface area contributed by atoms with Gasteiger partial charge in [-0.15, -0.1) is 0 Å². The van der Waals surface area contributed by atoms with E-state index in [1.165, 1.54) is 5.56 Å². The lowest BCUT2D eigenvalue weighted by molar-refractivity contribution is -0.131. The lowest BCUT2D eigenvalue weighted by Crippen LogP contribution is -2.33. The first-order valence-electron chi connectivity index (χ1n) is 9.06. The van der Waals surface area contributed by atoms with Crippen LogP contribution in [0.2, 0.25) is 0 Å². The van der Waals surface area contributed by atoms with Crippen molar-refractivity contribution in [2.45, 2.75) is 26.2 Å². The smallest absolute Gasteiger partial charge is 0.254 e. The molecule has 0 atom stereocenters. The number of nitrogens with one attached hydrogen (secondary N) is 1. The summed E-state index contributed by atoms with van der Waals surface area (Å²) < 4.78 is 26.4. The molecule has 0 heterocycles. The van der Waals surface area contributed by atoms with Gasteiger partial charge in [0.25, 0.3) is 5.91 Å². The normalized spacial score (nSPS) is 10.5. The molecule has 0 spiro atoms. The van der Waals surface area contributed by atoms with Gasteiger partial charge in [0.15, 0.2) is 0 Å². The van der Waals surface area contributed by atoms with E-state index in [4.69, 9.17) is 0 Å². The summed E-state index contributed by atoms with van der Waals surface area (Å²) in [5, 5.41) is 2.56. The zero-order chi connectivity index (χ0) is 19.6. The van der Waals surface area contributed by atoms with Crippen molar-refractivity contribution in [2.75, 3.05) is 19.6 Å². The second kappa shape index (κ2) is 10.4. The van der Waals surface area contributed by atoms with E-state index in [1.54, 1.807) is 4.90 Å². The van der Waals surface area contributed by atoms with E-state index < -0.39 is 17.5 Å². The van der Waals surface area contributed by atoms with E-state index in [-0.39, 0.29) is 18.0 Å². The number of benzene rings is 2. The molecular formula is C21H24F2N2O2. The van der Waals surface area contributed by atoms with Crippen molar-refractivity contribution < 1.29 is 18.4 Å². The van der Waals surface area contributed by atoms with Gasteiger partial charge >= 0.3 is 0 Å². The Labute approximate surface area is 158 Å². The van der Waals surface area contributed by atoms with Gasteiger partial charge in [0.2, 0.25) is 5.91 Å². The second-order valence-corrected chi connectivity index (χ2v) is 6.19. The zero-order valence-corrected chi connectivity index (χ0v) is 15.4. The zero-order valence-electron chi connectivity index (χ0n) is 15.4. The first-order chi connectivity index (χ1) is 13.0. The van der Waals surface area contributed by atoms with Crippen molar-refractivity contribution in [3.63, 3.8) is 0 Å². The first-order valence-corrected chi connectivity index (χ1v) is 9.06. The Morgan fingerprint density at radius 2 is 1.81 bits per heavy atom. The van der Waals surface area contributed by atoms with E-state index in [1.807, 2.05) is 37.3 Å². The van der Waals surface area contributed by atoms with Crippen LogP contribution in [0.4, 0.5) is 8.78 Å². The molecule has 0 aliphatic heterocycles. The van der Waals surface area contributed by atoms with Crippen LogP contribution in [-0.2, 0) is 11.2 Å². The molecule has 144 valence electrons. The monoisotopic (exact) mass is 374 g/mol. The predicted octanol–water partition coefficient (Wildman–Crippen LogP) is 3.57. The summed E-state index contributed by atoms with van der Waals surface area (Å²) in [5.41, 5.74) is 0.970. The number of nitrogens with zero attached hydrogens (tertiary/aromatic N) is 1. The SMILES string of the molecule is CCN(CCc1ccccc1)C(=O)CCCNC(=O)c1ccc(F)cc1F. The van der Waals surface area contributed by atoms with Gasteiger partial charge in [0.1, 0.15) is 11.6 Å². The summed E-state index contributed by atoms with van der Waals surface area (Å²) in [7, 11) is 0. The molecule has 0 fully saturated rings. The fourth-order valence-electron chi connectivity index (χ4n) is 2.74. The summed E-state index contributed by atoms with van der Waals surface area (Å²) in [6.07, 6.45) is 1.55. The Morgan fingerprint density at radius 1 is 1.07 bits per heavy atom. The Morgan fingerprint density at radius 3 is 2.48 bits per heavy atom. The molecule has 0 saturated carbocycles. The molecule has 2 aromatic rings. The van der Waals surface area contributed by atoms with Crippen LogP contribution in [0.5, 0.6) is 0 Å². The number of carbonyl (C=O) groups excluding carboxylic acids is 2. The van der Waals surface area contributed by atoms with Crippen molar-refractivity contribution in [3.05, 3.63) is 71.3 Å². The average molecular weight is 374 g/mol. The molecule has 0 radical (unpaired) electrons. The van der Waals surface area contributed by atoms with Crippen molar-refractivity contribution in [1.82, 2.24) is 10.2 Å². The number of likely N-dealkylation sites (N-methyl/N-ethyl adjacent to an activating group) is 1. The van der Waals surface area contributed by atoms with Crippen molar-refractivity contribution in [1.29, 1.82) is 0 Å². The van der Waals surface area contributed by atoms with Crippen LogP contribution in [0.15, 0.2) is 48.5 Å². The van der Waals surface area contributed by atoms with Crippen LogP contribution in [0.3, 0.4) is 0 Å². The molecule has 0 aromatic heterocycles. The summed E-state index contributed by atoms with van der Waals surface area (Å²) in [5.74, 6) is -2.22. The first kappa shape index (κ1) is 20.6. The number of amides is 2. The minimum atomic E-state index is -0.901. The fourth-order valence-corrected chi connectivity index (χ4v) is 2.74. The molecule has 27 heavy (non-hydrogen) atoms. The molecular weight excluding hydrogens is 350 g/mol. The number of hydrogen-bond acceptors (Lipinski definition) is 2. The average Bonchev–Trinajstić information content (AvgIpc) is 2.66. The topological polar surface area (TPSA) is 49.4 Å². The van der Waals surface area contributed by atoms with E-state index in [9.17, 15) is 18.4 Å². The molecule has 2 aromatic carbocycles. The molecule has 0 aliphatic rings. The molecule has 1 N–H and O–H groups in total. The van der Waals surface area contributed by atoms with Crippen LogP contribution >= 0.6 is 0 Å². The molecule has 0 unspecified atom stereocenters. The second-order valence-electron chi connectivity index (χ2n) is 6.19. The Balaban J connectivity index is 1.73. The molecule has 0 saturated heterocycles. The van der Waals surface area contributed by atoms with Crippen molar-refractivity contribution >= 4 is 11.8 Å². The molecule has 4 nitrogen and oxygen atoms in total. The number of halogens is 2. The highest BCUT2D eigenvalue weighted by Crippen LogP contribution is 2.09. The minimum Gasteiger partial charge on any atom is -0.352 e. The highest BCUT2D eigenvalue weighted by molar-refractivity contribution is 5.94. The van der Waals surface area contributed by atoms with Crippen LogP contribution < -0.4 is 5.32 Å². The quantitative estimate of drug-likeness (QED) is 0.682. The highest BCUT2D eigenvalue weighted by atomic mass is 19.1. The van der Waals surface area contributed by atoms with Gasteiger partial charge in [0, 0.05) is 32.1 Å². The summed E-state index contributed by atoms with van der Waals surface area (Å²) in [6.45, 7) is 3.45. The molecule has 0 bridgehead atoms. The van der Waals surface area contributed by atoms with Crippen molar-refractivity contribution in [3.8, 4) is 0 Å². The maximum atomic E-state index is 13.6. The lowest BCUT2D eigenvalue weighted by atomic mass is 10.1. The van der Waals surface area contributed by atoms with Gasteiger partial charge in [-0.05, 0) is 37.5 Å². The molecule has 2 rings (SSSR count). The Bertz CT molecular complexity index is 766. The maximum absolute atomic E-state index is 13.6. The fraction of sp³-hybridized carbons (Fsp3) is 0.333. The van der Waals surface area contributed by atoms with E-state index >= 15 is 0 Å². The number of carbonyl (C=O) groups is 2. The van der Waals surface area contributed by atoms with Gasteiger partial charge < -0.3 is 10.2 Å². The van der Waals surface area contributed by atoms with Gasteiger partial charge in [-0.1, -0.05) is 30.3 Å². The number of hydrogen-bond donors (Lipinski definition) is 1. The van der Waals surface area contributed by atoms with Crippen LogP contribution in [0.1, 0.15) is 35.7 Å². The standard InChI is InChI=1S/C21H24F2N2O2/c1-2-25(14-12-16-7-4-3-5-8-16)20(26)9-6-13-24-21(27)18-11-10-17(22)15-19(18)23/h3-5,7-8,10-11,15H,2,6,9,12-14H2,1H3,(H,24,27). The third kappa shape index (κ3) is 6.47. The van der Waals surface area contributed by atoms with Crippen LogP contribution in [0, 0.1) is 11.6 Å². The molecule has 6 heteroatoms. The van der Waals surface area contributed by atoms with E-state index in [0.717, 1.165) is 18.6 Å². The van der Waals surface area contributed by atoms with Crippen LogP contribution in [-0.4, -0.2) is 36.3 Å². The predicted molar refractivity (Wildman–Crippen MR) is 100 cm³/mol. The maximum Gasteiger partial charge on any atom is 0.254 e. The van der Waals surface area contributed by atoms with Crippen LogP contribution in [0.25, 0.3) is 0 Å².